The molecule has 1 aliphatic heterocycles. The molecular weight excluding hydrogens is 316 g/mol. The van der Waals surface area contributed by atoms with Gasteiger partial charge in [0.1, 0.15) is 12.2 Å². The third-order valence-electron chi connectivity index (χ3n) is 4.85. The van der Waals surface area contributed by atoms with Crippen LogP contribution in [0.25, 0.3) is 0 Å². The molecule has 1 amide bonds. The highest BCUT2D eigenvalue weighted by atomic mass is 16.5. The number of carbonyl (C=O) groups excluding carboxylic acids is 1. The van der Waals surface area contributed by atoms with E-state index in [0.29, 0.717) is 31.1 Å². The minimum absolute atomic E-state index is 0.00471. The normalized spacial score (nSPS) is 20.8. The molecule has 2 fully saturated rings. The Bertz CT molecular complexity index is 731. The zero-order valence-corrected chi connectivity index (χ0v) is 14.1. The summed E-state index contributed by atoms with van der Waals surface area (Å²) in [7, 11) is 0. The van der Waals surface area contributed by atoms with Gasteiger partial charge in [-0.25, -0.2) is 4.98 Å². The monoisotopic (exact) mass is 338 g/mol. The van der Waals surface area contributed by atoms with Gasteiger partial charge in [0.15, 0.2) is 0 Å². The maximum atomic E-state index is 12.9. The van der Waals surface area contributed by atoms with Crippen molar-refractivity contribution >= 4 is 5.91 Å². The van der Waals surface area contributed by atoms with Crippen LogP contribution in [0, 0.1) is 0 Å². The van der Waals surface area contributed by atoms with Crippen molar-refractivity contribution in [2.45, 2.75) is 31.5 Å². The van der Waals surface area contributed by atoms with Crippen LogP contribution in [0.2, 0.25) is 0 Å². The highest BCUT2D eigenvalue weighted by Crippen LogP contribution is 2.26. The van der Waals surface area contributed by atoms with Crippen LogP contribution in [-0.4, -0.2) is 41.6 Å². The third-order valence-corrected chi connectivity index (χ3v) is 4.85. The van der Waals surface area contributed by atoms with Crippen molar-refractivity contribution in [1.82, 2.24) is 9.88 Å². The standard InChI is InChI=1S/C20H22N2O3/c23-20(16-9-10-21-19(13-16)25-17-7-4-8-17)22-11-12-24-18(14-22)15-5-2-1-3-6-15/h1-3,5-6,9-10,13,17-18H,4,7-8,11-12,14H2/t18-/m0/s1. The Hall–Kier alpha value is -2.40. The van der Waals surface area contributed by atoms with E-state index in [1.165, 1.54) is 6.42 Å². The second-order valence-electron chi connectivity index (χ2n) is 6.57. The van der Waals surface area contributed by atoms with Crippen LogP contribution in [-0.2, 0) is 4.74 Å². The summed E-state index contributed by atoms with van der Waals surface area (Å²) < 4.78 is 11.7. The first-order valence-corrected chi connectivity index (χ1v) is 8.88. The molecule has 5 heteroatoms. The summed E-state index contributed by atoms with van der Waals surface area (Å²) in [6.07, 6.45) is 5.17. The van der Waals surface area contributed by atoms with Gasteiger partial charge in [0.25, 0.3) is 5.91 Å². The number of amides is 1. The van der Waals surface area contributed by atoms with Gasteiger partial charge in [-0.1, -0.05) is 30.3 Å². The molecule has 25 heavy (non-hydrogen) atoms. The van der Waals surface area contributed by atoms with Gasteiger partial charge in [0.05, 0.1) is 13.2 Å². The lowest BCUT2D eigenvalue weighted by Gasteiger charge is -2.33. The average Bonchev–Trinajstić information content (AvgIpc) is 2.65. The summed E-state index contributed by atoms with van der Waals surface area (Å²) in [5, 5.41) is 0. The van der Waals surface area contributed by atoms with Gasteiger partial charge < -0.3 is 14.4 Å². The lowest BCUT2D eigenvalue weighted by molar-refractivity contribution is -0.0228. The molecule has 2 heterocycles. The molecule has 1 aromatic carbocycles. The molecule has 130 valence electrons. The van der Waals surface area contributed by atoms with Crippen molar-refractivity contribution in [3.8, 4) is 5.88 Å². The summed E-state index contributed by atoms with van der Waals surface area (Å²) >= 11 is 0. The Morgan fingerprint density at radius 2 is 2.04 bits per heavy atom. The highest BCUT2D eigenvalue weighted by Gasteiger charge is 2.27. The van der Waals surface area contributed by atoms with E-state index in [4.69, 9.17) is 9.47 Å². The van der Waals surface area contributed by atoms with Crippen LogP contribution in [0.15, 0.2) is 48.7 Å². The van der Waals surface area contributed by atoms with E-state index in [0.717, 1.165) is 18.4 Å². The molecule has 2 aliphatic rings. The largest absolute Gasteiger partial charge is 0.474 e. The first kappa shape index (κ1) is 16.1. The molecule has 1 aromatic heterocycles. The number of rotatable bonds is 4. The topological polar surface area (TPSA) is 51.7 Å². The van der Waals surface area contributed by atoms with Crippen LogP contribution in [0.3, 0.4) is 0 Å². The molecule has 1 saturated carbocycles. The lowest BCUT2D eigenvalue weighted by atomic mass is 9.96. The number of hydrogen-bond donors (Lipinski definition) is 0. The molecule has 0 radical (unpaired) electrons. The summed E-state index contributed by atoms with van der Waals surface area (Å²) in [4.78, 5) is 19.0. The maximum Gasteiger partial charge on any atom is 0.254 e. The zero-order chi connectivity index (χ0) is 17.1. The number of nitrogens with zero attached hydrogens (tertiary/aromatic N) is 2. The predicted octanol–water partition coefficient (Wildman–Crippen LogP) is 3.23. The van der Waals surface area contributed by atoms with Gasteiger partial charge in [-0.15, -0.1) is 0 Å². The number of benzene rings is 1. The molecule has 1 saturated heterocycles. The minimum atomic E-state index is -0.0774. The van der Waals surface area contributed by atoms with Crippen LogP contribution in [0.4, 0.5) is 0 Å². The molecule has 2 aromatic rings. The van der Waals surface area contributed by atoms with Crippen molar-refractivity contribution < 1.29 is 14.3 Å². The summed E-state index contributed by atoms with van der Waals surface area (Å²) in [6.45, 7) is 1.70. The number of hydrogen-bond acceptors (Lipinski definition) is 4. The Morgan fingerprint density at radius 3 is 2.80 bits per heavy atom. The van der Waals surface area contributed by atoms with Crippen molar-refractivity contribution in [2.24, 2.45) is 0 Å². The quantitative estimate of drug-likeness (QED) is 0.859. The second kappa shape index (κ2) is 7.23. The number of aromatic nitrogens is 1. The molecule has 1 aliphatic carbocycles. The fraction of sp³-hybridized carbons (Fsp3) is 0.400. The number of morpholine rings is 1. The Balaban J connectivity index is 1.45. The fourth-order valence-corrected chi connectivity index (χ4v) is 3.15. The summed E-state index contributed by atoms with van der Waals surface area (Å²) in [6, 6.07) is 13.6. The third kappa shape index (κ3) is 3.66. The maximum absolute atomic E-state index is 12.9. The van der Waals surface area contributed by atoms with Gasteiger partial charge in [-0.2, -0.15) is 0 Å². The Morgan fingerprint density at radius 1 is 1.20 bits per heavy atom. The van der Waals surface area contributed by atoms with Crippen LogP contribution < -0.4 is 4.74 Å². The lowest BCUT2D eigenvalue weighted by Crippen LogP contribution is -2.42. The van der Waals surface area contributed by atoms with Gasteiger partial charge in [-0.3, -0.25) is 4.79 Å². The average molecular weight is 338 g/mol. The molecule has 0 spiro atoms. The van der Waals surface area contributed by atoms with Gasteiger partial charge in [0, 0.05) is 24.4 Å². The summed E-state index contributed by atoms with van der Waals surface area (Å²) in [5.74, 6) is 0.550. The minimum Gasteiger partial charge on any atom is -0.474 e. The van der Waals surface area contributed by atoms with Crippen LogP contribution in [0.1, 0.15) is 41.3 Å². The summed E-state index contributed by atoms with van der Waals surface area (Å²) in [5.41, 5.74) is 1.72. The molecule has 5 nitrogen and oxygen atoms in total. The second-order valence-corrected chi connectivity index (χ2v) is 6.57. The van der Waals surface area contributed by atoms with E-state index in [-0.39, 0.29) is 18.1 Å². The van der Waals surface area contributed by atoms with Gasteiger partial charge in [-0.05, 0) is 30.9 Å². The molecule has 0 bridgehead atoms. The van der Waals surface area contributed by atoms with E-state index in [9.17, 15) is 4.79 Å². The van der Waals surface area contributed by atoms with E-state index in [1.807, 2.05) is 35.2 Å². The van der Waals surface area contributed by atoms with Crippen molar-refractivity contribution in [1.29, 1.82) is 0 Å². The smallest absolute Gasteiger partial charge is 0.254 e. The van der Waals surface area contributed by atoms with Crippen molar-refractivity contribution in [2.75, 3.05) is 19.7 Å². The van der Waals surface area contributed by atoms with Gasteiger partial charge in [0.2, 0.25) is 5.88 Å². The fourth-order valence-electron chi connectivity index (χ4n) is 3.15. The zero-order valence-electron chi connectivity index (χ0n) is 14.1. The van der Waals surface area contributed by atoms with Crippen molar-refractivity contribution in [3.05, 3.63) is 59.8 Å². The number of carbonyl (C=O) groups is 1. The molecule has 1 atom stereocenters. The molecule has 0 N–H and O–H groups in total. The van der Waals surface area contributed by atoms with Crippen molar-refractivity contribution in [3.63, 3.8) is 0 Å². The Labute approximate surface area is 147 Å². The number of ether oxygens (including phenoxy) is 2. The molecule has 4 rings (SSSR count). The first-order valence-electron chi connectivity index (χ1n) is 8.88. The molecular formula is C20H22N2O3. The van der Waals surface area contributed by atoms with E-state index in [2.05, 4.69) is 4.98 Å². The van der Waals surface area contributed by atoms with E-state index >= 15 is 0 Å². The highest BCUT2D eigenvalue weighted by molar-refractivity contribution is 5.94. The van der Waals surface area contributed by atoms with Gasteiger partial charge >= 0.3 is 0 Å². The van der Waals surface area contributed by atoms with Crippen LogP contribution in [0.5, 0.6) is 5.88 Å². The molecule has 0 unspecified atom stereocenters. The van der Waals surface area contributed by atoms with Crippen LogP contribution >= 0.6 is 0 Å². The predicted molar refractivity (Wildman–Crippen MR) is 93.5 cm³/mol. The van der Waals surface area contributed by atoms with E-state index in [1.54, 1.807) is 18.3 Å². The Kier molecular flexibility index (Phi) is 4.65. The first-order chi connectivity index (χ1) is 12.3. The number of pyridine rings is 1. The van der Waals surface area contributed by atoms with E-state index < -0.39 is 0 Å². The SMILES string of the molecule is O=C(c1ccnc(OC2CCC2)c1)N1CCO[C@H](c2ccccc2)C1.